The van der Waals surface area contributed by atoms with Crippen LogP contribution < -0.4 is 10.1 Å². The maximum atomic E-state index is 12.4. The van der Waals surface area contributed by atoms with Crippen LogP contribution in [0.25, 0.3) is 0 Å². The van der Waals surface area contributed by atoms with Crippen LogP contribution in [0.5, 0.6) is 5.75 Å². The van der Waals surface area contributed by atoms with E-state index in [2.05, 4.69) is 5.32 Å². The summed E-state index contributed by atoms with van der Waals surface area (Å²) in [5.74, 6) is -0.687. The maximum absolute atomic E-state index is 12.4. The van der Waals surface area contributed by atoms with Crippen LogP contribution in [0.2, 0.25) is 5.02 Å². The van der Waals surface area contributed by atoms with Gasteiger partial charge in [0, 0.05) is 17.1 Å². The minimum Gasteiger partial charge on any atom is -0.493 e. The van der Waals surface area contributed by atoms with Gasteiger partial charge in [-0.3, -0.25) is 9.59 Å². The molecule has 2 aromatic rings. The summed E-state index contributed by atoms with van der Waals surface area (Å²) in [4.78, 5) is 23.0. The molecule has 2 aromatic carbocycles. The Morgan fingerprint density at radius 2 is 1.88 bits per heavy atom. The Kier molecular flexibility index (Phi) is 6.21. The number of rotatable bonds is 7. The van der Waals surface area contributed by atoms with Crippen molar-refractivity contribution in [1.82, 2.24) is 0 Å². The standard InChI is InChI=1S/C18H18ClNO4/c1-2-24-16-9-6-13(19)11-15(16)18(23)20-14-7-3-12(4-8-14)5-10-17(21)22/h3-4,6-9,11H,2,5,10H2,1H3,(H,20,23)(H,21,22). The van der Waals surface area contributed by atoms with E-state index in [1.165, 1.54) is 0 Å². The molecule has 0 aromatic heterocycles. The van der Waals surface area contributed by atoms with E-state index in [1.54, 1.807) is 42.5 Å². The van der Waals surface area contributed by atoms with Crippen LogP contribution in [0, 0.1) is 0 Å². The summed E-state index contributed by atoms with van der Waals surface area (Å²) in [5, 5.41) is 11.9. The van der Waals surface area contributed by atoms with E-state index < -0.39 is 5.97 Å². The second kappa shape index (κ2) is 8.36. The van der Waals surface area contributed by atoms with Gasteiger partial charge < -0.3 is 15.2 Å². The molecule has 0 bridgehead atoms. The van der Waals surface area contributed by atoms with Gasteiger partial charge in [0.1, 0.15) is 5.75 Å². The van der Waals surface area contributed by atoms with Crippen LogP contribution in [0.15, 0.2) is 42.5 Å². The van der Waals surface area contributed by atoms with Crippen LogP contribution in [-0.4, -0.2) is 23.6 Å². The first-order valence-corrected chi connectivity index (χ1v) is 7.92. The average molecular weight is 348 g/mol. The highest BCUT2D eigenvalue weighted by molar-refractivity contribution is 6.31. The van der Waals surface area contributed by atoms with Crippen LogP contribution in [0.4, 0.5) is 5.69 Å². The van der Waals surface area contributed by atoms with E-state index in [4.69, 9.17) is 21.4 Å². The number of hydrogen-bond acceptors (Lipinski definition) is 3. The van der Waals surface area contributed by atoms with Gasteiger partial charge in [0.2, 0.25) is 0 Å². The van der Waals surface area contributed by atoms with E-state index in [0.29, 0.717) is 35.1 Å². The van der Waals surface area contributed by atoms with Crippen molar-refractivity contribution in [1.29, 1.82) is 0 Å². The molecular weight excluding hydrogens is 330 g/mol. The summed E-state index contributed by atoms with van der Waals surface area (Å²) in [5.41, 5.74) is 1.87. The molecule has 1 amide bonds. The predicted octanol–water partition coefficient (Wildman–Crippen LogP) is 4.01. The molecule has 2 N–H and O–H groups in total. The van der Waals surface area contributed by atoms with E-state index >= 15 is 0 Å². The quantitative estimate of drug-likeness (QED) is 0.793. The van der Waals surface area contributed by atoms with E-state index in [9.17, 15) is 9.59 Å². The number of anilines is 1. The largest absolute Gasteiger partial charge is 0.493 e. The van der Waals surface area contributed by atoms with Gasteiger partial charge in [0.05, 0.1) is 12.2 Å². The lowest BCUT2D eigenvalue weighted by Crippen LogP contribution is -2.13. The molecule has 0 atom stereocenters. The highest BCUT2D eigenvalue weighted by Crippen LogP contribution is 2.24. The molecule has 24 heavy (non-hydrogen) atoms. The molecule has 0 aliphatic carbocycles. The molecule has 0 fully saturated rings. The number of hydrogen-bond donors (Lipinski definition) is 2. The third kappa shape index (κ3) is 4.99. The second-order valence-electron chi connectivity index (χ2n) is 5.12. The lowest BCUT2D eigenvalue weighted by Gasteiger charge is -2.11. The molecule has 0 saturated heterocycles. The Morgan fingerprint density at radius 1 is 1.17 bits per heavy atom. The van der Waals surface area contributed by atoms with Crippen LogP contribution in [0.1, 0.15) is 29.3 Å². The fraction of sp³-hybridized carbons (Fsp3) is 0.222. The number of carboxylic acids is 1. The monoisotopic (exact) mass is 347 g/mol. The lowest BCUT2D eigenvalue weighted by molar-refractivity contribution is -0.136. The molecule has 0 radical (unpaired) electrons. The number of carbonyl (C=O) groups is 2. The lowest BCUT2D eigenvalue weighted by atomic mass is 10.1. The number of aryl methyl sites for hydroxylation is 1. The van der Waals surface area contributed by atoms with E-state index in [-0.39, 0.29) is 12.3 Å². The molecule has 126 valence electrons. The topological polar surface area (TPSA) is 75.6 Å². The first-order chi connectivity index (χ1) is 11.5. The Bertz CT molecular complexity index is 728. The highest BCUT2D eigenvalue weighted by Gasteiger charge is 2.13. The van der Waals surface area contributed by atoms with Crippen molar-refractivity contribution < 1.29 is 19.4 Å². The Labute approximate surface area is 145 Å². The number of ether oxygens (including phenoxy) is 1. The van der Waals surface area contributed by atoms with E-state index in [1.807, 2.05) is 6.92 Å². The number of benzene rings is 2. The summed E-state index contributed by atoms with van der Waals surface area (Å²) in [7, 11) is 0. The zero-order valence-corrected chi connectivity index (χ0v) is 14.0. The van der Waals surface area contributed by atoms with Crippen LogP contribution in [0.3, 0.4) is 0 Å². The Hall–Kier alpha value is -2.53. The fourth-order valence-electron chi connectivity index (χ4n) is 2.17. The van der Waals surface area contributed by atoms with Gasteiger partial charge in [-0.2, -0.15) is 0 Å². The van der Waals surface area contributed by atoms with Gasteiger partial charge >= 0.3 is 5.97 Å². The van der Waals surface area contributed by atoms with Crippen molar-refractivity contribution in [3.05, 3.63) is 58.6 Å². The predicted molar refractivity (Wildman–Crippen MR) is 93.0 cm³/mol. The van der Waals surface area contributed by atoms with E-state index in [0.717, 1.165) is 5.56 Å². The molecule has 0 unspecified atom stereocenters. The van der Waals surface area contributed by atoms with Gasteiger partial charge in [-0.25, -0.2) is 0 Å². The minimum atomic E-state index is -0.836. The highest BCUT2D eigenvalue weighted by atomic mass is 35.5. The van der Waals surface area contributed by atoms with Crippen molar-refractivity contribution in [2.45, 2.75) is 19.8 Å². The second-order valence-corrected chi connectivity index (χ2v) is 5.55. The average Bonchev–Trinajstić information content (AvgIpc) is 2.56. The molecule has 0 saturated carbocycles. The van der Waals surface area contributed by atoms with Gasteiger partial charge in [-0.05, 0) is 49.2 Å². The number of aliphatic carboxylic acids is 1. The summed E-state index contributed by atoms with van der Waals surface area (Å²) < 4.78 is 5.45. The Balaban J connectivity index is 2.09. The summed E-state index contributed by atoms with van der Waals surface area (Å²) in [6.45, 7) is 2.28. The SMILES string of the molecule is CCOc1ccc(Cl)cc1C(=O)Nc1ccc(CCC(=O)O)cc1. The van der Waals surface area contributed by atoms with Crippen molar-refractivity contribution >= 4 is 29.2 Å². The van der Waals surface area contributed by atoms with Gasteiger partial charge in [0.25, 0.3) is 5.91 Å². The van der Waals surface area contributed by atoms with Crippen molar-refractivity contribution in [3.8, 4) is 5.75 Å². The summed E-state index contributed by atoms with van der Waals surface area (Å²) in [6.07, 6.45) is 0.526. The molecular formula is C18H18ClNO4. The molecule has 0 aliphatic heterocycles. The molecule has 2 rings (SSSR count). The maximum Gasteiger partial charge on any atom is 0.303 e. The van der Waals surface area contributed by atoms with Gasteiger partial charge in [-0.15, -0.1) is 0 Å². The molecule has 5 nitrogen and oxygen atoms in total. The zero-order chi connectivity index (χ0) is 17.5. The number of carboxylic acid groups (broad SMARTS) is 1. The Morgan fingerprint density at radius 3 is 2.50 bits per heavy atom. The fourth-order valence-corrected chi connectivity index (χ4v) is 2.34. The molecule has 0 aliphatic rings. The number of carbonyl (C=O) groups excluding carboxylic acids is 1. The normalized spacial score (nSPS) is 10.2. The minimum absolute atomic E-state index is 0.0753. The third-order valence-corrected chi connectivity index (χ3v) is 3.56. The number of amides is 1. The summed E-state index contributed by atoms with van der Waals surface area (Å²) >= 11 is 5.96. The number of nitrogens with one attached hydrogen (secondary N) is 1. The zero-order valence-electron chi connectivity index (χ0n) is 13.2. The molecule has 6 heteroatoms. The molecule has 0 heterocycles. The van der Waals surface area contributed by atoms with Crippen molar-refractivity contribution in [2.24, 2.45) is 0 Å². The smallest absolute Gasteiger partial charge is 0.303 e. The van der Waals surface area contributed by atoms with Gasteiger partial charge in [-0.1, -0.05) is 23.7 Å². The summed E-state index contributed by atoms with van der Waals surface area (Å²) in [6, 6.07) is 11.9. The third-order valence-electron chi connectivity index (χ3n) is 3.33. The van der Waals surface area contributed by atoms with Crippen molar-refractivity contribution in [2.75, 3.05) is 11.9 Å². The van der Waals surface area contributed by atoms with Crippen LogP contribution in [-0.2, 0) is 11.2 Å². The van der Waals surface area contributed by atoms with Crippen molar-refractivity contribution in [3.63, 3.8) is 0 Å². The number of halogens is 1. The van der Waals surface area contributed by atoms with Gasteiger partial charge in [0.15, 0.2) is 0 Å². The molecule has 0 spiro atoms. The first kappa shape index (κ1) is 17.8. The first-order valence-electron chi connectivity index (χ1n) is 7.54. The van der Waals surface area contributed by atoms with Crippen LogP contribution >= 0.6 is 11.6 Å².